The lowest BCUT2D eigenvalue weighted by Gasteiger charge is -2.27. The fourth-order valence-electron chi connectivity index (χ4n) is 3.47. The molecule has 1 atom stereocenters. The molecule has 0 aromatic heterocycles. The minimum Gasteiger partial charge on any atom is -0.497 e. The van der Waals surface area contributed by atoms with E-state index in [2.05, 4.69) is 6.92 Å². The minimum atomic E-state index is 0.0370. The number of rotatable bonds is 4. The summed E-state index contributed by atoms with van der Waals surface area (Å²) in [5.41, 5.74) is 4.13. The van der Waals surface area contributed by atoms with Gasteiger partial charge in [0.25, 0.3) is 5.91 Å². The fraction of sp³-hybridized carbons (Fsp3) is 0.381. The molecule has 1 saturated heterocycles. The number of aryl methyl sites for hydroxylation is 2. The van der Waals surface area contributed by atoms with E-state index < -0.39 is 0 Å². The van der Waals surface area contributed by atoms with Crippen molar-refractivity contribution in [2.75, 3.05) is 20.8 Å². The standard InChI is InChI=1S/C21H25NO3/c1-14-7-8-16(12-15(14)2)21(23)22-11-5-6-19(22)18-10-9-17(24-3)13-20(18)25-4/h7-10,12-13,19H,5-6,11H2,1-4H3/t19-/m1/s1. The predicted molar refractivity (Wildman–Crippen MR) is 98.5 cm³/mol. The third-order valence-electron chi connectivity index (χ3n) is 5.07. The zero-order valence-electron chi connectivity index (χ0n) is 15.3. The Hall–Kier alpha value is -2.49. The maximum absolute atomic E-state index is 13.1. The zero-order valence-corrected chi connectivity index (χ0v) is 15.3. The van der Waals surface area contributed by atoms with Crippen LogP contribution in [-0.4, -0.2) is 31.6 Å². The minimum absolute atomic E-state index is 0.0370. The summed E-state index contributed by atoms with van der Waals surface area (Å²) in [6.07, 6.45) is 1.94. The van der Waals surface area contributed by atoms with Crippen molar-refractivity contribution < 1.29 is 14.3 Å². The molecule has 0 saturated carbocycles. The van der Waals surface area contributed by atoms with Crippen LogP contribution >= 0.6 is 0 Å². The Morgan fingerprint density at radius 2 is 1.84 bits per heavy atom. The molecule has 4 nitrogen and oxygen atoms in total. The summed E-state index contributed by atoms with van der Waals surface area (Å²) in [7, 11) is 3.29. The first-order valence-corrected chi connectivity index (χ1v) is 8.65. The van der Waals surface area contributed by atoms with E-state index >= 15 is 0 Å². The van der Waals surface area contributed by atoms with Gasteiger partial charge in [0.2, 0.25) is 0 Å². The Morgan fingerprint density at radius 1 is 1.04 bits per heavy atom. The van der Waals surface area contributed by atoms with Gasteiger partial charge in [-0.05, 0) is 62.1 Å². The van der Waals surface area contributed by atoms with Gasteiger partial charge in [-0.3, -0.25) is 4.79 Å². The van der Waals surface area contributed by atoms with Crippen LogP contribution in [0.4, 0.5) is 0 Å². The second-order valence-corrected chi connectivity index (χ2v) is 6.56. The molecule has 0 unspecified atom stereocenters. The molecule has 3 rings (SSSR count). The molecule has 1 aliphatic rings. The number of methoxy groups -OCH3 is 2. The van der Waals surface area contributed by atoms with Crippen molar-refractivity contribution in [3.8, 4) is 11.5 Å². The van der Waals surface area contributed by atoms with Crippen LogP contribution in [0.2, 0.25) is 0 Å². The van der Waals surface area contributed by atoms with E-state index in [0.29, 0.717) is 0 Å². The van der Waals surface area contributed by atoms with E-state index in [-0.39, 0.29) is 11.9 Å². The predicted octanol–water partition coefficient (Wildman–Crippen LogP) is 4.30. The average Bonchev–Trinajstić information content (AvgIpc) is 3.12. The summed E-state index contributed by atoms with van der Waals surface area (Å²) in [6, 6.07) is 11.8. The summed E-state index contributed by atoms with van der Waals surface area (Å²) in [6.45, 7) is 4.87. The average molecular weight is 339 g/mol. The van der Waals surface area contributed by atoms with Crippen LogP contribution < -0.4 is 9.47 Å². The van der Waals surface area contributed by atoms with Crippen LogP contribution in [0.1, 0.15) is 45.9 Å². The number of benzene rings is 2. The molecule has 0 bridgehead atoms. The van der Waals surface area contributed by atoms with Crippen molar-refractivity contribution in [3.05, 3.63) is 58.7 Å². The molecule has 4 heteroatoms. The van der Waals surface area contributed by atoms with Crippen molar-refractivity contribution >= 4 is 5.91 Å². The Balaban J connectivity index is 1.92. The molecule has 1 heterocycles. The Kier molecular flexibility index (Phi) is 4.98. The maximum Gasteiger partial charge on any atom is 0.254 e. The van der Waals surface area contributed by atoms with Crippen LogP contribution in [0.5, 0.6) is 11.5 Å². The fourth-order valence-corrected chi connectivity index (χ4v) is 3.47. The summed E-state index contributed by atoms with van der Waals surface area (Å²) in [4.78, 5) is 15.0. The number of carbonyl (C=O) groups is 1. The third-order valence-corrected chi connectivity index (χ3v) is 5.07. The van der Waals surface area contributed by atoms with Gasteiger partial charge in [-0.1, -0.05) is 6.07 Å². The van der Waals surface area contributed by atoms with Crippen LogP contribution in [0, 0.1) is 13.8 Å². The smallest absolute Gasteiger partial charge is 0.254 e. The molecule has 25 heavy (non-hydrogen) atoms. The quantitative estimate of drug-likeness (QED) is 0.834. The number of ether oxygens (including phenoxy) is 2. The van der Waals surface area contributed by atoms with E-state index in [0.717, 1.165) is 47.6 Å². The molecule has 1 aliphatic heterocycles. The third kappa shape index (κ3) is 3.34. The molecule has 1 amide bonds. The van der Waals surface area contributed by atoms with Crippen molar-refractivity contribution in [3.63, 3.8) is 0 Å². The van der Waals surface area contributed by atoms with Gasteiger partial charge in [-0.2, -0.15) is 0 Å². The van der Waals surface area contributed by atoms with Gasteiger partial charge in [0.1, 0.15) is 11.5 Å². The second-order valence-electron chi connectivity index (χ2n) is 6.56. The van der Waals surface area contributed by atoms with Crippen molar-refractivity contribution in [1.29, 1.82) is 0 Å². The first kappa shape index (κ1) is 17.3. The lowest BCUT2D eigenvalue weighted by atomic mass is 10.0. The van der Waals surface area contributed by atoms with Crippen LogP contribution in [0.3, 0.4) is 0 Å². The van der Waals surface area contributed by atoms with E-state index in [1.54, 1.807) is 14.2 Å². The lowest BCUT2D eigenvalue weighted by Crippen LogP contribution is -2.30. The van der Waals surface area contributed by atoms with Gasteiger partial charge in [-0.25, -0.2) is 0 Å². The van der Waals surface area contributed by atoms with Gasteiger partial charge in [0, 0.05) is 23.7 Å². The molecule has 2 aromatic rings. The molecule has 0 spiro atoms. The van der Waals surface area contributed by atoms with Gasteiger partial charge in [0.05, 0.1) is 20.3 Å². The lowest BCUT2D eigenvalue weighted by molar-refractivity contribution is 0.0734. The topological polar surface area (TPSA) is 38.8 Å². The van der Waals surface area contributed by atoms with Gasteiger partial charge < -0.3 is 14.4 Å². The molecule has 1 fully saturated rings. The normalized spacial score (nSPS) is 16.8. The zero-order chi connectivity index (χ0) is 18.0. The molecular formula is C21H25NO3. The van der Waals surface area contributed by atoms with Crippen molar-refractivity contribution in [2.24, 2.45) is 0 Å². The van der Waals surface area contributed by atoms with Crippen molar-refractivity contribution in [2.45, 2.75) is 32.7 Å². The van der Waals surface area contributed by atoms with E-state index in [9.17, 15) is 4.79 Å². The number of hydrogen-bond donors (Lipinski definition) is 0. The molecule has 0 radical (unpaired) electrons. The van der Waals surface area contributed by atoms with Gasteiger partial charge in [0.15, 0.2) is 0 Å². The SMILES string of the molecule is COc1ccc([C@H]2CCCN2C(=O)c2ccc(C)c(C)c2)c(OC)c1. The van der Waals surface area contributed by atoms with E-state index in [4.69, 9.17) is 9.47 Å². The van der Waals surface area contributed by atoms with E-state index in [1.165, 1.54) is 5.56 Å². The van der Waals surface area contributed by atoms with Gasteiger partial charge >= 0.3 is 0 Å². The summed E-state index contributed by atoms with van der Waals surface area (Å²) < 4.78 is 10.8. The van der Waals surface area contributed by atoms with Crippen LogP contribution in [-0.2, 0) is 0 Å². The summed E-state index contributed by atoms with van der Waals surface area (Å²) >= 11 is 0. The first-order valence-electron chi connectivity index (χ1n) is 8.65. The number of nitrogens with zero attached hydrogens (tertiary/aromatic N) is 1. The van der Waals surface area contributed by atoms with Crippen LogP contribution in [0.25, 0.3) is 0 Å². The van der Waals surface area contributed by atoms with Crippen LogP contribution in [0.15, 0.2) is 36.4 Å². The van der Waals surface area contributed by atoms with Gasteiger partial charge in [-0.15, -0.1) is 0 Å². The molecule has 2 aromatic carbocycles. The highest BCUT2D eigenvalue weighted by atomic mass is 16.5. The highest BCUT2D eigenvalue weighted by Gasteiger charge is 2.32. The highest BCUT2D eigenvalue weighted by molar-refractivity contribution is 5.95. The molecule has 132 valence electrons. The number of amides is 1. The molecule has 0 N–H and O–H groups in total. The van der Waals surface area contributed by atoms with Crippen molar-refractivity contribution in [1.82, 2.24) is 4.90 Å². The number of hydrogen-bond acceptors (Lipinski definition) is 3. The molecule has 0 aliphatic carbocycles. The summed E-state index contributed by atoms with van der Waals surface area (Å²) in [5, 5.41) is 0. The highest BCUT2D eigenvalue weighted by Crippen LogP contribution is 2.39. The summed E-state index contributed by atoms with van der Waals surface area (Å²) in [5.74, 6) is 1.61. The number of likely N-dealkylation sites (tertiary alicyclic amines) is 1. The molecular weight excluding hydrogens is 314 g/mol. The largest absolute Gasteiger partial charge is 0.497 e. The Labute approximate surface area is 149 Å². The Bertz CT molecular complexity index is 785. The second kappa shape index (κ2) is 7.18. The maximum atomic E-state index is 13.1. The monoisotopic (exact) mass is 339 g/mol. The Morgan fingerprint density at radius 3 is 2.52 bits per heavy atom. The first-order chi connectivity index (χ1) is 12.0. The number of carbonyl (C=O) groups excluding carboxylic acids is 1. The van der Waals surface area contributed by atoms with E-state index in [1.807, 2.05) is 48.2 Å².